The van der Waals surface area contributed by atoms with E-state index in [2.05, 4.69) is 11.4 Å². The van der Waals surface area contributed by atoms with E-state index in [9.17, 15) is 9.59 Å². The second kappa shape index (κ2) is 7.83. The van der Waals surface area contributed by atoms with Crippen LogP contribution in [0.2, 0.25) is 0 Å². The molecule has 3 atom stereocenters. The standard InChI is InChI=1S/C29H26N4O2S/c1-4-32-23-16-9-8-15-22(23)29(27(32)35)24(20-12-10-11-18(2)17-20)28(25(36)30-29)19(3)31-33(26(28)34)21-13-6-5-7-14-21/h5-17,24H,4H2,1-3H3,(H,30,36)/t24-,28-,29+/m1/s1. The molecule has 2 amide bonds. The largest absolute Gasteiger partial charge is 0.360 e. The van der Waals surface area contributed by atoms with Crippen LogP contribution in [0.5, 0.6) is 0 Å². The number of benzene rings is 3. The molecule has 6 nitrogen and oxygen atoms in total. The third-order valence-electron chi connectivity index (χ3n) is 7.78. The number of rotatable bonds is 3. The lowest BCUT2D eigenvalue weighted by Crippen LogP contribution is -2.52. The minimum absolute atomic E-state index is 0.101. The van der Waals surface area contributed by atoms with Crippen LogP contribution in [0, 0.1) is 12.3 Å². The maximum atomic E-state index is 14.5. The van der Waals surface area contributed by atoms with Crippen LogP contribution in [0.25, 0.3) is 0 Å². The van der Waals surface area contributed by atoms with Crippen molar-refractivity contribution in [1.82, 2.24) is 5.32 Å². The fourth-order valence-corrected chi connectivity index (χ4v) is 6.80. The molecule has 6 rings (SSSR count). The molecule has 0 radical (unpaired) electrons. The van der Waals surface area contributed by atoms with Crippen LogP contribution >= 0.6 is 12.2 Å². The summed E-state index contributed by atoms with van der Waals surface area (Å²) in [5.74, 6) is -0.962. The highest BCUT2D eigenvalue weighted by Gasteiger charge is 2.74. The van der Waals surface area contributed by atoms with Crippen molar-refractivity contribution < 1.29 is 9.59 Å². The van der Waals surface area contributed by atoms with Crippen LogP contribution in [0.15, 0.2) is 84.0 Å². The van der Waals surface area contributed by atoms with E-state index in [-0.39, 0.29) is 11.8 Å². The van der Waals surface area contributed by atoms with Gasteiger partial charge >= 0.3 is 0 Å². The summed E-state index contributed by atoms with van der Waals surface area (Å²) in [5.41, 5.74) is 2.32. The van der Waals surface area contributed by atoms with Crippen LogP contribution in [0.4, 0.5) is 11.4 Å². The van der Waals surface area contributed by atoms with Gasteiger partial charge in [-0.2, -0.15) is 10.1 Å². The Bertz CT molecular complexity index is 1470. The maximum absolute atomic E-state index is 14.5. The van der Waals surface area contributed by atoms with Crippen molar-refractivity contribution in [3.63, 3.8) is 0 Å². The zero-order valence-electron chi connectivity index (χ0n) is 20.4. The normalized spacial score (nSPS) is 26.7. The van der Waals surface area contributed by atoms with E-state index in [4.69, 9.17) is 17.3 Å². The summed E-state index contributed by atoms with van der Waals surface area (Å²) in [7, 11) is 0. The summed E-state index contributed by atoms with van der Waals surface area (Å²) in [4.78, 5) is 31.0. The number of carbonyl (C=O) groups is 2. The number of hydrogen-bond acceptors (Lipinski definition) is 4. The average molecular weight is 495 g/mol. The van der Waals surface area contributed by atoms with E-state index in [1.54, 1.807) is 4.90 Å². The SMILES string of the molecule is CCN1C(=O)[C@]2(NC(=S)[C@]3(C(=O)N(c4ccccc4)N=C3C)[C@H]2c2cccc(C)c2)c2ccccc21. The highest BCUT2D eigenvalue weighted by Crippen LogP contribution is 2.61. The summed E-state index contributed by atoms with van der Waals surface area (Å²) < 4.78 is 0. The molecule has 3 aliphatic heterocycles. The van der Waals surface area contributed by atoms with E-state index in [1.807, 2.05) is 93.6 Å². The molecular formula is C29H26N4O2S. The topological polar surface area (TPSA) is 65.0 Å². The highest BCUT2D eigenvalue weighted by atomic mass is 32.1. The monoisotopic (exact) mass is 494 g/mol. The number of fused-ring (bicyclic) bond motifs is 2. The summed E-state index contributed by atoms with van der Waals surface area (Å²) in [6, 6.07) is 25.2. The van der Waals surface area contributed by atoms with Crippen molar-refractivity contribution in [2.24, 2.45) is 10.5 Å². The second-order valence-corrected chi connectivity index (χ2v) is 10.0. The number of aryl methyl sites for hydroxylation is 1. The molecule has 0 unspecified atom stereocenters. The molecule has 0 aliphatic carbocycles. The Labute approximate surface area is 215 Å². The second-order valence-electron chi connectivity index (χ2n) is 9.62. The van der Waals surface area contributed by atoms with Gasteiger partial charge in [-0.25, -0.2) is 0 Å². The molecule has 1 N–H and O–H groups in total. The molecule has 7 heteroatoms. The highest BCUT2D eigenvalue weighted by molar-refractivity contribution is 7.80. The Balaban J connectivity index is 1.65. The third kappa shape index (κ3) is 2.66. The van der Waals surface area contributed by atoms with Crippen LogP contribution in [-0.4, -0.2) is 29.1 Å². The molecule has 3 aromatic carbocycles. The molecule has 36 heavy (non-hydrogen) atoms. The van der Waals surface area contributed by atoms with Gasteiger partial charge in [-0.1, -0.05) is 78.4 Å². The lowest BCUT2D eigenvalue weighted by molar-refractivity contribution is -0.126. The number of nitrogens with one attached hydrogen (secondary N) is 1. The lowest BCUT2D eigenvalue weighted by Gasteiger charge is -2.36. The van der Waals surface area contributed by atoms with Crippen molar-refractivity contribution in [1.29, 1.82) is 0 Å². The first-order valence-corrected chi connectivity index (χ1v) is 12.5. The van der Waals surface area contributed by atoms with E-state index in [0.717, 1.165) is 22.4 Å². The quantitative estimate of drug-likeness (QED) is 0.537. The fraction of sp³-hybridized carbons (Fsp3) is 0.241. The molecule has 3 aliphatic rings. The number of hydrazone groups is 1. The molecule has 3 aromatic rings. The number of thiocarbonyl (C=S) groups is 1. The molecule has 0 bridgehead atoms. The number of likely N-dealkylation sites (N-methyl/N-ethyl adjacent to an activating group) is 1. The summed E-state index contributed by atoms with van der Waals surface area (Å²) in [6.07, 6.45) is 0. The molecule has 2 spiro atoms. The number of anilines is 2. The van der Waals surface area contributed by atoms with E-state index < -0.39 is 16.9 Å². The minimum atomic E-state index is -1.30. The molecule has 0 aromatic heterocycles. The van der Waals surface area contributed by atoms with Gasteiger partial charge in [0.15, 0.2) is 11.0 Å². The average Bonchev–Trinajstić information content (AvgIpc) is 3.41. The van der Waals surface area contributed by atoms with Gasteiger partial charge in [-0.15, -0.1) is 0 Å². The molecular weight excluding hydrogens is 468 g/mol. The van der Waals surface area contributed by atoms with Gasteiger partial charge in [0, 0.05) is 23.7 Å². The maximum Gasteiger partial charge on any atom is 0.267 e. The zero-order valence-corrected chi connectivity index (χ0v) is 21.2. The molecule has 3 heterocycles. The predicted octanol–water partition coefficient (Wildman–Crippen LogP) is 4.68. The van der Waals surface area contributed by atoms with Crippen LogP contribution in [0.1, 0.15) is 36.5 Å². The van der Waals surface area contributed by atoms with E-state index in [0.29, 0.717) is 22.9 Å². The van der Waals surface area contributed by atoms with Crippen molar-refractivity contribution in [2.75, 3.05) is 16.5 Å². The first-order chi connectivity index (χ1) is 17.4. The Morgan fingerprint density at radius 3 is 2.39 bits per heavy atom. The Morgan fingerprint density at radius 1 is 0.944 bits per heavy atom. The van der Waals surface area contributed by atoms with Crippen LogP contribution < -0.4 is 15.2 Å². The summed E-state index contributed by atoms with van der Waals surface area (Å²) in [6.45, 7) is 6.33. The van der Waals surface area contributed by atoms with E-state index >= 15 is 0 Å². The fourth-order valence-electron chi connectivity index (χ4n) is 6.28. The van der Waals surface area contributed by atoms with Crippen molar-refractivity contribution in [2.45, 2.75) is 32.2 Å². The summed E-state index contributed by atoms with van der Waals surface area (Å²) >= 11 is 6.01. The van der Waals surface area contributed by atoms with Gasteiger partial charge in [0.2, 0.25) is 0 Å². The Kier molecular flexibility index (Phi) is 4.92. The smallest absolute Gasteiger partial charge is 0.267 e. The Hall–Kier alpha value is -3.84. The number of para-hydroxylation sites is 2. The van der Waals surface area contributed by atoms with Gasteiger partial charge in [0.05, 0.1) is 16.4 Å². The van der Waals surface area contributed by atoms with Gasteiger partial charge in [0.1, 0.15) is 0 Å². The number of carbonyl (C=O) groups excluding carboxylic acids is 2. The van der Waals surface area contributed by atoms with Gasteiger partial charge < -0.3 is 10.2 Å². The van der Waals surface area contributed by atoms with Gasteiger partial charge in [0.25, 0.3) is 11.8 Å². The third-order valence-corrected chi connectivity index (χ3v) is 8.20. The Morgan fingerprint density at radius 2 is 1.67 bits per heavy atom. The van der Waals surface area contributed by atoms with Crippen LogP contribution in [0.3, 0.4) is 0 Å². The molecule has 180 valence electrons. The minimum Gasteiger partial charge on any atom is -0.360 e. The first kappa shape index (κ1) is 22.6. The van der Waals surface area contributed by atoms with Crippen molar-refractivity contribution >= 4 is 46.1 Å². The van der Waals surface area contributed by atoms with Gasteiger partial charge in [-0.05, 0) is 44.5 Å². The molecule has 1 saturated heterocycles. The zero-order chi connectivity index (χ0) is 25.2. The van der Waals surface area contributed by atoms with E-state index in [1.165, 1.54) is 5.01 Å². The van der Waals surface area contributed by atoms with Crippen molar-refractivity contribution in [3.8, 4) is 0 Å². The van der Waals surface area contributed by atoms with Crippen LogP contribution in [-0.2, 0) is 15.1 Å². The molecule has 1 fully saturated rings. The number of amides is 2. The predicted molar refractivity (Wildman–Crippen MR) is 145 cm³/mol. The van der Waals surface area contributed by atoms with Crippen molar-refractivity contribution in [3.05, 3.63) is 95.6 Å². The first-order valence-electron chi connectivity index (χ1n) is 12.1. The molecule has 0 saturated carbocycles. The number of hydrogen-bond donors (Lipinski definition) is 1. The van der Waals surface area contributed by atoms with Gasteiger partial charge in [-0.3, -0.25) is 9.59 Å². The number of nitrogens with zero attached hydrogens (tertiary/aromatic N) is 3. The lowest BCUT2D eigenvalue weighted by atomic mass is 9.62. The summed E-state index contributed by atoms with van der Waals surface area (Å²) in [5, 5.41) is 9.63.